The molecule has 1 amide bonds. The first-order valence-electron chi connectivity index (χ1n) is 17.6. The SMILES string of the molecule is COCCOCCOCCOCCOC(OC=O)[n+]1ccc(N(CCCCCCCCCCCCNC(=O)OC(C)(C)C)C(N)=NC#N)cc1. The van der Waals surface area contributed by atoms with Gasteiger partial charge in [-0.3, -0.25) is 9.53 Å². The second kappa shape index (κ2) is 29.2. The number of hydrogen-bond donors (Lipinski definition) is 2. The Labute approximate surface area is 298 Å². The van der Waals surface area contributed by atoms with E-state index in [0.29, 0.717) is 59.2 Å². The van der Waals surface area contributed by atoms with Gasteiger partial charge in [0, 0.05) is 32.3 Å². The maximum absolute atomic E-state index is 11.7. The van der Waals surface area contributed by atoms with E-state index in [-0.39, 0.29) is 25.3 Å². The van der Waals surface area contributed by atoms with Crippen molar-refractivity contribution >= 4 is 24.2 Å². The molecule has 1 atom stereocenters. The summed E-state index contributed by atoms with van der Waals surface area (Å²) in [7, 11) is 1.62. The second-order valence-corrected chi connectivity index (χ2v) is 12.4. The van der Waals surface area contributed by atoms with Crippen molar-refractivity contribution in [3.05, 3.63) is 24.5 Å². The number of aromatic nitrogens is 1. The highest BCUT2D eigenvalue weighted by Crippen LogP contribution is 2.16. The number of unbranched alkanes of at least 4 members (excludes halogenated alkanes) is 9. The van der Waals surface area contributed by atoms with Crippen molar-refractivity contribution in [1.29, 1.82) is 5.26 Å². The number of carbonyl (C=O) groups is 2. The molecule has 0 aromatic carbocycles. The molecule has 0 aliphatic rings. The van der Waals surface area contributed by atoms with E-state index in [1.54, 1.807) is 47.3 Å². The van der Waals surface area contributed by atoms with Crippen molar-refractivity contribution in [2.75, 3.05) is 78.0 Å². The molecule has 3 N–H and O–H groups in total. The van der Waals surface area contributed by atoms with Crippen LogP contribution in [0.3, 0.4) is 0 Å². The van der Waals surface area contributed by atoms with Crippen LogP contribution in [0.25, 0.3) is 0 Å². The third-order valence-electron chi connectivity index (χ3n) is 7.14. The van der Waals surface area contributed by atoms with Crippen molar-refractivity contribution in [2.24, 2.45) is 10.7 Å². The molecular weight excluding hydrogens is 648 g/mol. The molecule has 0 spiro atoms. The third-order valence-corrected chi connectivity index (χ3v) is 7.14. The van der Waals surface area contributed by atoms with Crippen LogP contribution in [-0.4, -0.2) is 97.2 Å². The molecule has 1 aromatic heterocycles. The average Bonchev–Trinajstić information content (AvgIpc) is 3.08. The molecule has 0 aliphatic heterocycles. The van der Waals surface area contributed by atoms with E-state index >= 15 is 0 Å². The summed E-state index contributed by atoms with van der Waals surface area (Å²) in [5, 5.41) is 11.9. The van der Waals surface area contributed by atoms with E-state index in [2.05, 4.69) is 10.3 Å². The third kappa shape index (κ3) is 23.7. The fraction of sp³-hybridized carbons (Fsp3) is 0.743. The van der Waals surface area contributed by atoms with E-state index in [0.717, 1.165) is 50.6 Å². The molecule has 0 fully saturated rings. The fourth-order valence-electron chi connectivity index (χ4n) is 4.69. The van der Waals surface area contributed by atoms with Gasteiger partial charge in [-0.2, -0.15) is 5.26 Å². The smallest absolute Gasteiger partial charge is 0.426 e. The highest BCUT2D eigenvalue weighted by atomic mass is 16.7. The number of carbonyl (C=O) groups excluding carboxylic acids is 2. The molecule has 15 nitrogen and oxygen atoms in total. The number of nitrogens with zero attached hydrogens (tertiary/aromatic N) is 4. The number of rotatable bonds is 30. The number of nitrogens with two attached hydrogens (primary N) is 1. The molecule has 1 unspecified atom stereocenters. The van der Waals surface area contributed by atoms with E-state index in [1.165, 1.54) is 19.3 Å². The Morgan fingerprint density at radius 2 is 1.42 bits per heavy atom. The summed E-state index contributed by atoms with van der Waals surface area (Å²) in [5.74, 6) is 0.114. The minimum atomic E-state index is -0.981. The Morgan fingerprint density at radius 3 is 1.94 bits per heavy atom. The maximum atomic E-state index is 11.7. The predicted octanol–water partition coefficient (Wildman–Crippen LogP) is 4.34. The molecule has 1 rings (SSSR count). The highest BCUT2D eigenvalue weighted by molar-refractivity contribution is 5.95. The van der Waals surface area contributed by atoms with Gasteiger partial charge < -0.3 is 44.4 Å². The first kappa shape index (κ1) is 44.5. The molecule has 1 heterocycles. The van der Waals surface area contributed by atoms with Crippen LogP contribution in [0.1, 0.15) is 91.4 Å². The molecule has 50 heavy (non-hydrogen) atoms. The lowest BCUT2D eigenvalue weighted by atomic mass is 10.1. The van der Waals surface area contributed by atoms with Crippen molar-refractivity contribution in [3.8, 4) is 6.19 Å². The van der Waals surface area contributed by atoms with Crippen LogP contribution in [0.2, 0.25) is 0 Å². The summed E-state index contributed by atoms with van der Waals surface area (Å²) >= 11 is 0. The number of anilines is 1. The molecule has 0 bridgehead atoms. The van der Waals surface area contributed by atoms with Gasteiger partial charge in [-0.1, -0.05) is 51.4 Å². The number of guanidine groups is 1. The maximum Gasteiger partial charge on any atom is 0.426 e. The topological polar surface area (TPSA) is 180 Å². The number of nitriles is 1. The number of hydrogen-bond acceptors (Lipinski definition) is 11. The number of aliphatic imine (C=N–C) groups is 1. The van der Waals surface area contributed by atoms with Gasteiger partial charge in [-0.15, -0.1) is 9.56 Å². The molecule has 0 aliphatic carbocycles. The summed E-state index contributed by atoms with van der Waals surface area (Å²) in [6.07, 6.45) is 14.8. The van der Waals surface area contributed by atoms with E-state index in [9.17, 15) is 9.59 Å². The molecule has 284 valence electrons. The zero-order valence-corrected chi connectivity index (χ0v) is 30.6. The van der Waals surface area contributed by atoms with Crippen LogP contribution in [0.15, 0.2) is 29.5 Å². The summed E-state index contributed by atoms with van der Waals surface area (Å²) in [6, 6.07) is 3.59. The van der Waals surface area contributed by atoms with Gasteiger partial charge in [0.25, 0.3) is 6.47 Å². The van der Waals surface area contributed by atoms with Gasteiger partial charge in [0.05, 0.1) is 58.5 Å². The molecule has 0 saturated heterocycles. The summed E-state index contributed by atoms with van der Waals surface area (Å²) in [5.41, 5.74) is 6.41. The Hall–Kier alpha value is -3.55. The van der Waals surface area contributed by atoms with Crippen LogP contribution >= 0.6 is 0 Å². The number of methoxy groups -OCH3 is 1. The van der Waals surface area contributed by atoms with Crippen LogP contribution in [-0.2, 0) is 38.0 Å². The average molecular weight is 710 g/mol. The quantitative estimate of drug-likeness (QED) is 0.0220. The zero-order chi connectivity index (χ0) is 36.7. The van der Waals surface area contributed by atoms with E-state index in [1.807, 2.05) is 20.8 Å². The predicted molar refractivity (Wildman–Crippen MR) is 188 cm³/mol. The van der Waals surface area contributed by atoms with Gasteiger partial charge in [0.1, 0.15) is 5.60 Å². The standard InChI is InChI=1S/C35H60N6O9/c1-35(2,3)50-33(43)38-17-13-11-9-7-5-6-8-10-12-14-18-41(32(37)39-29-36)31-15-19-40(20-16-31)34(49-30-42)48-28-27-47-26-25-46-24-23-45-22-21-44-4/h15-16,19-20,30,34H,5-14,17-18,21-28H2,1-4H3,(H2-,37,38,39,43)/p+1. The van der Waals surface area contributed by atoms with Crippen molar-refractivity contribution in [3.63, 3.8) is 0 Å². The van der Waals surface area contributed by atoms with Crippen molar-refractivity contribution < 1.29 is 47.3 Å². The van der Waals surface area contributed by atoms with Gasteiger partial charge in [0.15, 0.2) is 12.4 Å². The Kier molecular flexibility index (Phi) is 26.0. The number of alkyl carbamates (subject to hydrolysis) is 1. The number of amides is 1. The molecule has 15 heteroatoms. The Bertz CT molecular complexity index is 1080. The summed E-state index contributed by atoms with van der Waals surface area (Å²) in [6.45, 7) is 10.5. The van der Waals surface area contributed by atoms with Gasteiger partial charge in [0.2, 0.25) is 12.2 Å². The largest absolute Gasteiger partial charge is 0.444 e. The first-order valence-corrected chi connectivity index (χ1v) is 17.6. The van der Waals surface area contributed by atoms with Crippen molar-refractivity contribution in [2.45, 2.75) is 97.0 Å². The number of pyridine rings is 1. The minimum Gasteiger partial charge on any atom is -0.444 e. The van der Waals surface area contributed by atoms with Crippen LogP contribution < -0.4 is 20.5 Å². The van der Waals surface area contributed by atoms with E-state index < -0.39 is 12.0 Å². The lowest BCUT2D eigenvalue weighted by Gasteiger charge is -2.22. The molecule has 0 radical (unpaired) electrons. The van der Waals surface area contributed by atoms with Crippen LogP contribution in [0, 0.1) is 11.5 Å². The number of ether oxygens (including phenoxy) is 7. The zero-order valence-electron chi connectivity index (χ0n) is 30.6. The Balaban J connectivity index is 2.32. The van der Waals surface area contributed by atoms with Crippen LogP contribution in [0.5, 0.6) is 0 Å². The number of nitrogens with one attached hydrogen (secondary N) is 1. The summed E-state index contributed by atoms with van der Waals surface area (Å²) < 4.78 is 38.8. The van der Waals surface area contributed by atoms with Gasteiger partial charge in [-0.05, 0) is 33.6 Å². The fourth-order valence-corrected chi connectivity index (χ4v) is 4.69. The summed E-state index contributed by atoms with van der Waals surface area (Å²) in [4.78, 5) is 28.3. The first-order chi connectivity index (χ1) is 24.2. The molecule has 1 aromatic rings. The molecule has 0 saturated carbocycles. The monoisotopic (exact) mass is 709 g/mol. The molecular formula is C35H61N6O9+. The van der Waals surface area contributed by atoms with Gasteiger partial charge >= 0.3 is 12.5 Å². The van der Waals surface area contributed by atoms with Crippen LogP contribution in [0.4, 0.5) is 10.5 Å². The van der Waals surface area contributed by atoms with E-state index in [4.69, 9.17) is 44.2 Å². The second-order valence-electron chi connectivity index (χ2n) is 12.4. The highest BCUT2D eigenvalue weighted by Gasteiger charge is 2.21. The Morgan fingerprint density at radius 1 is 0.900 bits per heavy atom. The lowest BCUT2D eigenvalue weighted by molar-refractivity contribution is -0.799. The van der Waals surface area contributed by atoms with Gasteiger partial charge in [-0.25, -0.2) is 4.79 Å². The lowest BCUT2D eigenvalue weighted by Crippen LogP contribution is -2.43. The minimum absolute atomic E-state index is 0.114. The van der Waals surface area contributed by atoms with Crippen molar-refractivity contribution in [1.82, 2.24) is 5.32 Å². The normalized spacial score (nSPS) is 12.3.